The third-order valence-corrected chi connectivity index (χ3v) is 5.52. The van der Waals surface area contributed by atoms with Crippen molar-refractivity contribution in [2.75, 3.05) is 5.75 Å². The molecular formula is C17H14Cl4N2OS. The van der Waals surface area contributed by atoms with Gasteiger partial charge >= 0.3 is 0 Å². The first-order valence-electron chi connectivity index (χ1n) is 7.29. The maximum Gasteiger partial charge on any atom is 0.244 e. The van der Waals surface area contributed by atoms with Gasteiger partial charge in [-0.25, -0.2) is 5.43 Å². The van der Waals surface area contributed by atoms with Gasteiger partial charge in [0.05, 0.1) is 27.7 Å². The number of hydrazone groups is 1. The Balaban J connectivity index is 2.07. The number of nitrogens with one attached hydrogen (secondary N) is 1. The molecule has 1 amide bonds. The number of benzene rings is 2. The summed E-state index contributed by atoms with van der Waals surface area (Å²) in [4.78, 5) is 13.2. The van der Waals surface area contributed by atoms with Crippen LogP contribution in [-0.2, 0) is 11.2 Å². The molecule has 0 spiro atoms. The second-order valence-electron chi connectivity index (χ2n) is 4.91. The van der Waals surface area contributed by atoms with Crippen LogP contribution < -0.4 is 5.43 Å². The highest BCUT2D eigenvalue weighted by Crippen LogP contribution is 2.30. The monoisotopic (exact) mass is 434 g/mol. The molecule has 0 aliphatic heterocycles. The van der Waals surface area contributed by atoms with Crippen molar-refractivity contribution in [2.45, 2.75) is 18.2 Å². The molecule has 2 aromatic rings. The quantitative estimate of drug-likeness (QED) is 0.257. The zero-order valence-corrected chi connectivity index (χ0v) is 17.0. The van der Waals surface area contributed by atoms with E-state index in [1.54, 1.807) is 30.0 Å². The Bertz CT molecular complexity index is 811. The lowest BCUT2D eigenvalue weighted by Crippen LogP contribution is -2.20. The maximum absolute atomic E-state index is 12.1. The predicted octanol–water partition coefficient (Wildman–Crippen LogP) is 6.11. The summed E-state index contributed by atoms with van der Waals surface area (Å²) in [6.45, 7) is 2.05. The molecule has 8 heteroatoms. The minimum Gasteiger partial charge on any atom is -0.273 e. The summed E-state index contributed by atoms with van der Waals surface area (Å²) in [6.07, 6.45) is 1.53. The standard InChI is InChI=1S/C17H14Cl4N2OS/c1-2-25-15-6-3-11(18)7-10(15)8-16(24)23-22-9-12-13(19)4-5-14(20)17(12)21/h3-7,9H,2,8H2,1H3,(H,23,24)/b22-9-. The summed E-state index contributed by atoms with van der Waals surface area (Å²) in [5, 5.41) is 5.53. The number of amides is 1. The average molecular weight is 436 g/mol. The minimum absolute atomic E-state index is 0.164. The van der Waals surface area contributed by atoms with Gasteiger partial charge in [0.2, 0.25) is 5.91 Å². The Morgan fingerprint density at radius 1 is 1.16 bits per heavy atom. The molecule has 0 aromatic heterocycles. The van der Waals surface area contributed by atoms with Crippen LogP contribution in [0.4, 0.5) is 0 Å². The first kappa shape index (κ1) is 20.4. The zero-order valence-electron chi connectivity index (χ0n) is 13.2. The van der Waals surface area contributed by atoms with Crippen molar-refractivity contribution >= 4 is 70.3 Å². The molecule has 0 radical (unpaired) electrons. The Labute approximate surface area is 170 Å². The van der Waals surface area contributed by atoms with Crippen LogP contribution in [0.15, 0.2) is 40.3 Å². The molecule has 0 atom stereocenters. The highest BCUT2D eigenvalue weighted by atomic mass is 35.5. The summed E-state index contributed by atoms with van der Waals surface area (Å²) in [5.74, 6) is 0.630. The van der Waals surface area contributed by atoms with E-state index in [2.05, 4.69) is 10.5 Å². The lowest BCUT2D eigenvalue weighted by atomic mass is 10.1. The Kier molecular flexibility index (Phi) is 7.91. The topological polar surface area (TPSA) is 41.5 Å². The molecule has 0 saturated heterocycles. The van der Waals surface area contributed by atoms with Gasteiger partial charge < -0.3 is 0 Å². The van der Waals surface area contributed by atoms with E-state index < -0.39 is 0 Å². The molecule has 0 aliphatic carbocycles. The molecule has 132 valence electrons. The zero-order chi connectivity index (χ0) is 18.4. The van der Waals surface area contributed by atoms with Crippen LogP contribution in [-0.4, -0.2) is 17.9 Å². The summed E-state index contributed by atoms with van der Waals surface area (Å²) < 4.78 is 0. The van der Waals surface area contributed by atoms with Crippen molar-refractivity contribution in [1.29, 1.82) is 0 Å². The minimum atomic E-state index is -0.272. The third kappa shape index (κ3) is 5.80. The van der Waals surface area contributed by atoms with Crippen molar-refractivity contribution in [3.63, 3.8) is 0 Å². The Morgan fingerprint density at radius 3 is 2.60 bits per heavy atom. The van der Waals surface area contributed by atoms with Crippen LogP contribution in [0.25, 0.3) is 0 Å². The summed E-state index contributed by atoms with van der Waals surface area (Å²) in [7, 11) is 0. The number of rotatable bonds is 6. The van der Waals surface area contributed by atoms with Crippen LogP contribution in [0.2, 0.25) is 20.1 Å². The van der Waals surface area contributed by atoms with E-state index in [9.17, 15) is 4.79 Å². The summed E-state index contributed by atoms with van der Waals surface area (Å²) >= 11 is 25.8. The molecule has 2 rings (SSSR count). The van der Waals surface area contributed by atoms with E-state index in [4.69, 9.17) is 46.4 Å². The molecule has 25 heavy (non-hydrogen) atoms. The van der Waals surface area contributed by atoms with E-state index in [1.165, 1.54) is 6.21 Å². The third-order valence-electron chi connectivity index (χ3n) is 3.14. The van der Waals surface area contributed by atoms with Crippen LogP contribution in [0, 0.1) is 0 Å². The van der Waals surface area contributed by atoms with Crippen molar-refractivity contribution in [3.8, 4) is 0 Å². The molecular weight excluding hydrogens is 422 g/mol. The van der Waals surface area contributed by atoms with Gasteiger partial charge in [-0.05, 0) is 41.6 Å². The predicted molar refractivity (Wildman–Crippen MR) is 109 cm³/mol. The van der Waals surface area contributed by atoms with Gasteiger partial charge in [-0.3, -0.25) is 4.79 Å². The normalized spacial score (nSPS) is 11.1. The molecule has 3 nitrogen and oxygen atoms in total. The smallest absolute Gasteiger partial charge is 0.244 e. The summed E-state index contributed by atoms with van der Waals surface area (Å²) in [5.41, 5.74) is 3.76. The van der Waals surface area contributed by atoms with Gasteiger partial charge in [0.15, 0.2) is 0 Å². The second-order valence-corrected chi connectivity index (χ2v) is 7.85. The van der Waals surface area contributed by atoms with E-state index in [1.807, 2.05) is 19.1 Å². The fourth-order valence-electron chi connectivity index (χ4n) is 2.02. The van der Waals surface area contributed by atoms with Gasteiger partial charge in [-0.1, -0.05) is 53.3 Å². The second kappa shape index (κ2) is 9.70. The van der Waals surface area contributed by atoms with E-state index in [0.717, 1.165) is 16.2 Å². The van der Waals surface area contributed by atoms with E-state index in [0.29, 0.717) is 20.6 Å². The number of nitrogens with zero attached hydrogens (tertiary/aromatic N) is 1. The van der Waals surface area contributed by atoms with Gasteiger partial charge in [0, 0.05) is 15.5 Å². The molecule has 0 bridgehead atoms. The Morgan fingerprint density at radius 2 is 1.88 bits per heavy atom. The van der Waals surface area contributed by atoms with Gasteiger partial charge in [0.25, 0.3) is 0 Å². The lowest BCUT2D eigenvalue weighted by Gasteiger charge is -2.08. The molecule has 0 fully saturated rings. The van der Waals surface area contributed by atoms with E-state index in [-0.39, 0.29) is 17.4 Å². The maximum atomic E-state index is 12.1. The van der Waals surface area contributed by atoms with Crippen LogP contribution in [0.5, 0.6) is 0 Å². The van der Waals surface area contributed by atoms with Crippen molar-refractivity contribution in [3.05, 3.63) is 61.5 Å². The van der Waals surface area contributed by atoms with Gasteiger partial charge in [-0.2, -0.15) is 5.10 Å². The van der Waals surface area contributed by atoms with Crippen molar-refractivity contribution in [2.24, 2.45) is 5.10 Å². The number of hydrogen-bond acceptors (Lipinski definition) is 3. The Hall–Kier alpha value is -0.910. The molecule has 1 N–H and O–H groups in total. The average Bonchev–Trinajstić information content (AvgIpc) is 2.57. The number of halogens is 4. The van der Waals surface area contributed by atoms with E-state index >= 15 is 0 Å². The summed E-state index contributed by atoms with van der Waals surface area (Å²) in [6, 6.07) is 8.71. The van der Waals surface area contributed by atoms with Crippen LogP contribution >= 0.6 is 58.2 Å². The molecule has 0 heterocycles. The lowest BCUT2D eigenvalue weighted by molar-refractivity contribution is -0.120. The number of carbonyl (C=O) groups excluding carboxylic acids is 1. The largest absolute Gasteiger partial charge is 0.273 e. The first-order valence-corrected chi connectivity index (χ1v) is 9.78. The number of carbonyl (C=O) groups is 1. The van der Waals surface area contributed by atoms with Gasteiger partial charge in [0.1, 0.15) is 0 Å². The first-order chi connectivity index (χ1) is 11.9. The highest BCUT2D eigenvalue weighted by molar-refractivity contribution is 7.99. The molecule has 0 aliphatic rings. The van der Waals surface area contributed by atoms with Crippen molar-refractivity contribution < 1.29 is 4.79 Å². The fraction of sp³-hybridized carbons (Fsp3) is 0.176. The van der Waals surface area contributed by atoms with Crippen LogP contribution in [0.1, 0.15) is 18.1 Å². The van der Waals surface area contributed by atoms with Crippen LogP contribution in [0.3, 0.4) is 0 Å². The molecule has 2 aromatic carbocycles. The van der Waals surface area contributed by atoms with Crippen molar-refractivity contribution in [1.82, 2.24) is 5.43 Å². The number of thioether (sulfide) groups is 1. The van der Waals surface area contributed by atoms with Gasteiger partial charge in [-0.15, -0.1) is 11.8 Å². The fourth-order valence-corrected chi connectivity index (χ4v) is 3.64. The number of hydrogen-bond donors (Lipinski definition) is 1. The highest BCUT2D eigenvalue weighted by Gasteiger charge is 2.10. The molecule has 0 saturated carbocycles. The molecule has 0 unspecified atom stereocenters. The SMILES string of the molecule is CCSc1ccc(Cl)cc1CC(=O)N/N=C\c1c(Cl)ccc(Cl)c1Cl.